The minimum atomic E-state index is -0.628. The molecule has 0 amide bonds. The largest absolute Gasteiger partial charge is 0.481 e. The van der Waals surface area contributed by atoms with E-state index in [1.165, 1.54) is 32.1 Å². The van der Waals surface area contributed by atoms with E-state index >= 15 is 0 Å². The number of allylic oxidation sites excluding steroid dienone is 2. The lowest BCUT2D eigenvalue weighted by atomic mass is 9.50. The molecule has 4 rings (SSSR count). The zero-order valence-corrected chi connectivity index (χ0v) is 14.0. The van der Waals surface area contributed by atoms with Gasteiger partial charge in [-0.25, -0.2) is 0 Å². The fourth-order valence-electron chi connectivity index (χ4n) is 6.90. The molecule has 0 aromatic rings. The summed E-state index contributed by atoms with van der Waals surface area (Å²) in [5.74, 6) is 3.43. The molecule has 0 spiro atoms. The van der Waals surface area contributed by atoms with Crippen LogP contribution in [0.25, 0.3) is 0 Å². The summed E-state index contributed by atoms with van der Waals surface area (Å²) in [5, 5.41) is 9.25. The van der Waals surface area contributed by atoms with Gasteiger partial charge in [0.25, 0.3) is 0 Å². The smallest absolute Gasteiger partial charge is 0.303 e. The van der Waals surface area contributed by atoms with E-state index in [9.17, 15) is 14.7 Å². The Balaban J connectivity index is 1.57. The molecule has 7 atom stereocenters. The van der Waals surface area contributed by atoms with E-state index in [0.717, 1.165) is 24.7 Å². The number of carboxylic acids is 1. The number of rotatable bonds is 2. The average Bonchev–Trinajstić information content (AvgIpc) is 2.83. The van der Waals surface area contributed by atoms with Gasteiger partial charge < -0.3 is 5.11 Å². The third-order valence-corrected chi connectivity index (χ3v) is 7.99. The summed E-state index contributed by atoms with van der Waals surface area (Å²) in [6, 6.07) is 0. The molecule has 23 heavy (non-hydrogen) atoms. The van der Waals surface area contributed by atoms with E-state index in [-0.39, 0.29) is 5.41 Å². The fourth-order valence-corrected chi connectivity index (χ4v) is 6.90. The number of fused-ring (bicyclic) bond motifs is 5. The lowest BCUT2D eigenvalue weighted by Gasteiger charge is -2.54. The van der Waals surface area contributed by atoms with Gasteiger partial charge in [0.05, 0.1) is 0 Å². The highest BCUT2D eigenvalue weighted by Crippen LogP contribution is 2.64. The molecule has 0 aromatic heterocycles. The van der Waals surface area contributed by atoms with Gasteiger partial charge in [0.2, 0.25) is 0 Å². The first-order chi connectivity index (χ1) is 11.0. The van der Waals surface area contributed by atoms with Crippen molar-refractivity contribution in [1.82, 2.24) is 0 Å². The number of aliphatic carboxylic acids is 1. The Hall–Kier alpha value is -1.12. The zero-order chi connectivity index (χ0) is 16.2. The first-order valence-corrected chi connectivity index (χ1v) is 9.42. The van der Waals surface area contributed by atoms with Crippen LogP contribution in [0, 0.1) is 40.9 Å². The minimum Gasteiger partial charge on any atom is -0.481 e. The van der Waals surface area contributed by atoms with Gasteiger partial charge in [-0.1, -0.05) is 13.0 Å². The normalized spacial score (nSPS) is 48.5. The Morgan fingerprint density at radius 3 is 2.83 bits per heavy atom. The van der Waals surface area contributed by atoms with Gasteiger partial charge in [-0.05, 0) is 85.5 Å². The molecular formula is C20H28O3. The second-order valence-electron chi connectivity index (χ2n) is 8.80. The summed E-state index contributed by atoms with van der Waals surface area (Å²) in [5.41, 5.74) is 0.237. The van der Waals surface area contributed by atoms with Crippen LogP contribution in [-0.2, 0) is 9.59 Å². The summed E-state index contributed by atoms with van der Waals surface area (Å²) < 4.78 is 0. The molecule has 4 aliphatic rings. The van der Waals surface area contributed by atoms with Crippen LogP contribution in [0.4, 0.5) is 0 Å². The SMILES string of the molecule is C[C@]12CC[C@@H]3[C@H]4C=CC(=O)C[C@@H]4CC[C@H]3[C@@H]1CC[C@@H]2CC(=O)O. The topological polar surface area (TPSA) is 54.4 Å². The van der Waals surface area contributed by atoms with Crippen LogP contribution in [0.1, 0.15) is 58.3 Å². The van der Waals surface area contributed by atoms with Crippen molar-refractivity contribution in [3.63, 3.8) is 0 Å². The van der Waals surface area contributed by atoms with Crippen LogP contribution in [0.3, 0.4) is 0 Å². The van der Waals surface area contributed by atoms with Gasteiger partial charge in [-0.3, -0.25) is 9.59 Å². The molecule has 0 radical (unpaired) electrons. The van der Waals surface area contributed by atoms with Gasteiger partial charge in [0.1, 0.15) is 0 Å². The van der Waals surface area contributed by atoms with E-state index in [2.05, 4.69) is 13.0 Å². The van der Waals surface area contributed by atoms with E-state index < -0.39 is 5.97 Å². The molecule has 0 aromatic carbocycles. The van der Waals surface area contributed by atoms with Gasteiger partial charge >= 0.3 is 5.97 Å². The standard InChI is InChI=1S/C20H28O3/c1-20-9-8-16-15-6-4-14(21)10-12(15)2-5-17(16)18(20)7-3-13(20)11-19(22)23/h4,6,12-13,15-18H,2-3,5,7-11H2,1H3,(H,22,23)/t12-,13+,15-,16+,17+,18-,20+/m0/s1. The third-order valence-electron chi connectivity index (χ3n) is 7.99. The van der Waals surface area contributed by atoms with Crippen LogP contribution >= 0.6 is 0 Å². The molecule has 3 saturated carbocycles. The van der Waals surface area contributed by atoms with Crippen molar-refractivity contribution in [2.75, 3.05) is 0 Å². The molecule has 1 N–H and O–H groups in total. The second kappa shape index (κ2) is 5.46. The lowest BCUT2D eigenvalue weighted by Crippen LogP contribution is -2.48. The molecule has 3 heteroatoms. The fraction of sp³-hybridized carbons (Fsp3) is 0.800. The number of carboxylic acid groups (broad SMARTS) is 1. The van der Waals surface area contributed by atoms with E-state index in [0.29, 0.717) is 35.9 Å². The highest BCUT2D eigenvalue weighted by Gasteiger charge is 2.56. The van der Waals surface area contributed by atoms with Crippen molar-refractivity contribution in [2.24, 2.45) is 40.9 Å². The number of hydrogen-bond donors (Lipinski definition) is 1. The summed E-state index contributed by atoms with van der Waals surface area (Å²) >= 11 is 0. The maximum atomic E-state index is 11.7. The summed E-state index contributed by atoms with van der Waals surface area (Å²) in [6.07, 6.45) is 12.3. The Labute approximate surface area is 138 Å². The molecule has 0 bridgehead atoms. The quantitative estimate of drug-likeness (QED) is 0.835. The minimum absolute atomic E-state index is 0.237. The van der Waals surface area contributed by atoms with Crippen molar-refractivity contribution >= 4 is 11.8 Å². The average molecular weight is 316 g/mol. The van der Waals surface area contributed by atoms with Crippen molar-refractivity contribution in [2.45, 2.75) is 58.3 Å². The maximum absolute atomic E-state index is 11.7. The molecule has 0 heterocycles. The zero-order valence-electron chi connectivity index (χ0n) is 14.0. The Morgan fingerprint density at radius 2 is 2.04 bits per heavy atom. The highest BCUT2D eigenvalue weighted by atomic mass is 16.4. The lowest BCUT2D eigenvalue weighted by molar-refractivity contribution is -0.140. The van der Waals surface area contributed by atoms with Gasteiger partial charge in [-0.15, -0.1) is 0 Å². The molecular weight excluding hydrogens is 288 g/mol. The van der Waals surface area contributed by atoms with Gasteiger partial charge in [-0.2, -0.15) is 0 Å². The monoisotopic (exact) mass is 316 g/mol. The predicted octanol–water partition coefficient (Wildman–Crippen LogP) is 4.08. The Kier molecular flexibility index (Phi) is 3.66. The summed E-state index contributed by atoms with van der Waals surface area (Å²) in [7, 11) is 0. The van der Waals surface area contributed by atoms with E-state index in [1.54, 1.807) is 0 Å². The molecule has 3 fully saturated rings. The Bertz CT molecular complexity index is 551. The predicted molar refractivity (Wildman–Crippen MR) is 87.8 cm³/mol. The molecule has 4 aliphatic carbocycles. The first kappa shape index (κ1) is 15.4. The van der Waals surface area contributed by atoms with Crippen LogP contribution in [-0.4, -0.2) is 16.9 Å². The van der Waals surface area contributed by atoms with Crippen LogP contribution in [0.5, 0.6) is 0 Å². The van der Waals surface area contributed by atoms with Crippen LogP contribution in [0.15, 0.2) is 12.2 Å². The van der Waals surface area contributed by atoms with Gasteiger partial charge in [0.15, 0.2) is 5.78 Å². The highest BCUT2D eigenvalue weighted by molar-refractivity contribution is 5.90. The molecule has 0 unspecified atom stereocenters. The molecule has 3 nitrogen and oxygen atoms in total. The number of hydrogen-bond acceptors (Lipinski definition) is 2. The molecule has 0 saturated heterocycles. The van der Waals surface area contributed by atoms with Gasteiger partial charge in [0, 0.05) is 12.8 Å². The maximum Gasteiger partial charge on any atom is 0.303 e. The molecule has 126 valence electrons. The number of ketones is 1. The number of carbonyl (C=O) groups excluding carboxylic acids is 1. The first-order valence-electron chi connectivity index (χ1n) is 9.42. The van der Waals surface area contributed by atoms with Crippen molar-refractivity contribution < 1.29 is 14.7 Å². The van der Waals surface area contributed by atoms with Crippen molar-refractivity contribution in [1.29, 1.82) is 0 Å². The second-order valence-corrected chi connectivity index (χ2v) is 8.80. The number of carbonyl (C=O) groups is 2. The van der Waals surface area contributed by atoms with Crippen LogP contribution < -0.4 is 0 Å². The summed E-state index contributed by atoms with van der Waals surface area (Å²) in [4.78, 5) is 22.9. The van der Waals surface area contributed by atoms with Crippen LogP contribution in [0.2, 0.25) is 0 Å². The third kappa shape index (κ3) is 2.38. The van der Waals surface area contributed by atoms with E-state index in [4.69, 9.17) is 0 Å². The Morgan fingerprint density at radius 1 is 1.22 bits per heavy atom. The van der Waals surface area contributed by atoms with E-state index in [1.807, 2.05) is 6.08 Å². The molecule has 0 aliphatic heterocycles. The summed E-state index contributed by atoms with van der Waals surface area (Å²) in [6.45, 7) is 2.38. The van der Waals surface area contributed by atoms with Crippen molar-refractivity contribution in [3.8, 4) is 0 Å². The van der Waals surface area contributed by atoms with Crippen molar-refractivity contribution in [3.05, 3.63) is 12.2 Å².